The summed E-state index contributed by atoms with van der Waals surface area (Å²) in [5, 5.41) is 9.11. The van der Waals surface area contributed by atoms with Crippen molar-refractivity contribution < 1.29 is 9.90 Å². The molecule has 0 amide bonds. The molecule has 118 valence electrons. The number of carboxylic acid groups (broad SMARTS) is 1. The molecule has 0 aliphatic carbocycles. The Morgan fingerprint density at radius 3 is 2.78 bits per heavy atom. The fourth-order valence-corrected chi connectivity index (χ4v) is 3.09. The number of aromatic carboxylic acids is 1. The first kappa shape index (κ1) is 15.5. The zero-order chi connectivity index (χ0) is 16.1. The Morgan fingerprint density at radius 2 is 2.00 bits per heavy atom. The predicted octanol–water partition coefficient (Wildman–Crippen LogP) is 4.06. The minimum absolute atomic E-state index is 0.359. The van der Waals surface area contributed by atoms with Crippen LogP contribution in [0.25, 0.3) is 6.08 Å². The quantitative estimate of drug-likeness (QED) is 0.905. The van der Waals surface area contributed by atoms with Crippen LogP contribution in [0, 0.1) is 0 Å². The molecule has 1 aliphatic rings. The van der Waals surface area contributed by atoms with Crippen molar-refractivity contribution in [2.24, 2.45) is 0 Å². The van der Waals surface area contributed by atoms with Gasteiger partial charge in [0.25, 0.3) is 0 Å². The van der Waals surface area contributed by atoms with E-state index in [-0.39, 0.29) is 0 Å². The Kier molecular flexibility index (Phi) is 4.89. The van der Waals surface area contributed by atoms with E-state index in [2.05, 4.69) is 29.2 Å². The Labute approximate surface area is 136 Å². The van der Waals surface area contributed by atoms with E-state index < -0.39 is 5.97 Å². The monoisotopic (exact) mass is 307 g/mol. The molecule has 1 saturated heterocycles. The zero-order valence-electron chi connectivity index (χ0n) is 13.1. The van der Waals surface area contributed by atoms with Crippen LogP contribution in [-0.4, -0.2) is 28.6 Å². The number of carboxylic acids is 1. The Morgan fingerprint density at radius 1 is 1.17 bits per heavy atom. The standard InChI is InChI=1S/C20H21NO2/c22-20(23)18-9-4-8-17(14-18)15-21-13-5-10-19(21)12-11-16-6-2-1-3-7-16/h1-4,6-9,11-12,14,19H,5,10,13,15H2,(H,22,23)/b12-11+. The van der Waals surface area contributed by atoms with E-state index in [4.69, 9.17) is 5.11 Å². The van der Waals surface area contributed by atoms with Gasteiger partial charge in [0.05, 0.1) is 5.56 Å². The summed E-state index contributed by atoms with van der Waals surface area (Å²) in [7, 11) is 0. The summed E-state index contributed by atoms with van der Waals surface area (Å²) in [6.07, 6.45) is 6.78. The highest BCUT2D eigenvalue weighted by molar-refractivity contribution is 5.87. The molecule has 3 rings (SSSR count). The molecule has 0 aromatic heterocycles. The Balaban J connectivity index is 1.68. The van der Waals surface area contributed by atoms with E-state index in [1.54, 1.807) is 12.1 Å². The molecule has 1 unspecified atom stereocenters. The van der Waals surface area contributed by atoms with Crippen LogP contribution in [0.1, 0.15) is 34.3 Å². The lowest BCUT2D eigenvalue weighted by Gasteiger charge is -2.22. The first-order chi connectivity index (χ1) is 11.2. The number of hydrogen-bond donors (Lipinski definition) is 1. The topological polar surface area (TPSA) is 40.5 Å². The van der Waals surface area contributed by atoms with Crippen LogP contribution in [0.2, 0.25) is 0 Å². The third-order valence-corrected chi connectivity index (χ3v) is 4.28. The van der Waals surface area contributed by atoms with Gasteiger partial charge in [-0.05, 0) is 42.6 Å². The number of rotatable bonds is 5. The highest BCUT2D eigenvalue weighted by Crippen LogP contribution is 2.22. The van der Waals surface area contributed by atoms with Crippen molar-refractivity contribution in [2.75, 3.05) is 6.54 Å². The number of carbonyl (C=O) groups is 1. The molecule has 0 saturated carbocycles. The summed E-state index contributed by atoms with van der Waals surface area (Å²) >= 11 is 0. The average Bonchev–Trinajstić information content (AvgIpc) is 3.01. The van der Waals surface area contributed by atoms with Gasteiger partial charge in [0, 0.05) is 12.6 Å². The smallest absolute Gasteiger partial charge is 0.335 e. The predicted molar refractivity (Wildman–Crippen MR) is 92.3 cm³/mol. The van der Waals surface area contributed by atoms with Crippen molar-refractivity contribution in [3.63, 3.8) is 0 Å². The van der Waals surface area contributed by atoms with Gasteiger partial charge in [-0.15, -0.1) is 0 Å². The molecule has 1 heterocycles. The van der Waals surface area contributed by atoms with Crippen molar-refractivity contribution in [1.82, 2.24) is 4.90 Å². The third-order valence-electron chi connectivity index (χ3n) is 4.28. The molecule has 3 nitrogen and oxygen atoms in total. The van der Waals surface area contributed by atoms with Gasteiger partial charge >= 0.3 is 5.97 Å². The summed E-state index contributed by atoms with van der Waals surface area (Å²) in [6.45, 7) is 1.85. The van der Waals surface area contributed by atoms with E-state index >= 15 is 0 Å². The maximum absolute atomic E-state index is 11.1. The normalized spacial score (nSPS) is 18.5. The summed E-state index contributed by atoms with van der Waals surface area (Å²) in [5.74, 6) is -0.867. The van der Waals surface area contributed by atoms with Crippen LogP contribution in [0.5, 0.6) is 0 Å². The number of likely N-dealkylation sites (tertiary alicyclic amines) is 1. The Bertz CT molecular complexity index is 694. The van der Waals surface area contributed by atoms with E-state index in [0.29, 0.717) is 11.6 Å². The van der Waals surface area contributed by atoms with E-state index in [1.807, 2.05) is 30.3 Å². The van der Waals surface area contributed by atoms with E-state index in [0.717, 1.165) is 25.1 Å². The molecule has 3 heteroatoms. The summed E-state index contributed by atoms with van der Waals surface area (Å²) in [6, 6.07) is 18.0. The largest absolute Gasteiger partial charge is 0.478 e. The van der Waals surface area contributed by atoms with Crippen LogP contribution < -0.4 is 0 Å². The third kappa shape index (κ3) is 4.08. The first-order valence-electron chi connectivity index (χ1n) is 8.02. The van der Waals surface area contributed by atoms with Crippen molar-refractivity contribution >= 4 is 12.0 Å². The average molecular weight is 307 g/mol. The summed E-state index contributed by atoms with van der Waals surface area (Å²) in [5.41, 5.74) is 2.63. The molecule has 0 radical (unpaired) electrons. The van der Waals surface area contributed by atoms with Crippen molar-refractivity contribution in [2.45, 2.75) is 25.4 Å². The lowest BCUT2D eigenvalue weighted by atomic mass is 10.1. The van der Waals surface area contributed by atoms with Crippen molar-refractivity contribution in [1.29, 1.82) is 0 Å². The maximum atomic E-state index is 11.1. The van der Waals surface area contributed by atoms with Gasteiger partial charge in [-0.3, -0.25) is 4.90 Å². The molecule has 2 aromatic carbocycles. The lowest BCUT2D eigenvalue weighted by molar-refractivity contribution is 0.0696. The number of benzene rings is 2. The second-order valence-corrected chi connectivity index (χ2v) is 5.96. The van der Waals surface area contributed by atoms with Gasteiger partial charge in [-0.1, -0.05) is 54.6 Å². The van der Waals surface area contributed by atoms with Gasteiger partial charge in [0.1, 0.15) is 0 Å². The van der Waals surface area contributed by atoms with E-state index in [1.165, 1.54) is 12.0 Å². The van der Waals surface area contributed by atoms with Crippen molar-refractivity contribution in [3.8, 4) is 0 Å². The minimum atomic E-state index is -0.867. The summed E-state index contributed by atoms with van der Waals surface area (Å²) < 4.78 is 0. The second-order valence-electron chi connectivity index (χ2n) is 5.96. The lowest BCUT2D eigenvalue weighted by Crippen LogP contribution is -2.27. The molecule has 1 N–H and O–H groups in total. The maximum Gasteiger partial charge on any atom is 0.335 e. The van der Waals surface area contributed by atoms with Crippen LogP contribution in [0.4, 0.5) is 0 Å². The van der Waals surface area contributed by atoms with Gasteiger partial charge < -0.3 is 5.11 Å². The SMILES string of the molecule is O=C(O)c1cccc(CN2CCCC2/C=C/c2ccccc2)c1. The van der Waals surface area contributed by atoms with Gasteiger partial charge in [-0.2, -0.15) is 0 Å². The van der Waals surface area contributed by atoms with Crippen LogP contribution in [0.15, 0.2) is 60.7 Å². The molecular formula is C20H21NO2. The minimum Gasteiger partial charge on any atom is -0.478 e. The fraction of sp³-hybridized carbons (Fsp3) is 0.250. The molecule has 1 fully saturated rings. The zero-order valence-corrected chi connectivity index (χ0v) is 13.1. The molecule has 0 bridgehead atoms. The molecule has 1 atom stereocenters. The molecule has 2 aromatic rings. The van der Waals surface area contributed by atoms with Crippen LogP contribution in [0.3, 0.4) is 0 Å². The molecule has 0 spiro atoms. The number of hydrogen-bond acceptors (Lipinski definition) is 2. The van der Waals surface area contributed by atoms with Gasteiger partial charge in [-0.25, -0.2) is 4.79 Å². The highest BCUT2D eigenvalue weighted by atomic mass is 16.4. The van der Waals surface area contributed by atoms with E-state index in [9.17, 15) is 4.79 Å². The Hall–Kier alpha value is -2.39. The summed E-state index contributed by atoms with van der Waals surface area (Å²) in [4.78, 5) is 13.5. The van der Waals surface area contributed by atoms with Gasteiger partial charge in [0.15, 0.2) is 0 Å². The molecule has 23 heavy (non-hydrogen) atoms. The molecule has 1 aliphatic heterocycles. The highest BCUT2D eigenvalue weighted by Gasteiger charge is 2.22. The van der Waals surface area contributed by atoms with Crippen molar-refractivity contribution in [3.05, 3.63) is 77.4 Å². The fourth-order valence-electron chi connectivity index (χ4n) is 3.09. The molecular weight excluding hydrogens is 286 g/mol. The van der Waals surface area contributed by atoms with Gasteiger partial charge in [0.2, 0.25) is 0 Å². The first-order valence-corrected chi connectivity index (χ1v) is 8.02. The second kappa shape index (κ2) is 7.25. The number of nitrogens with zero attached hydrogens (tertiary/aromatic N) is 1. The van der Waals surface area contributed by atoms with Crippen LogP contribution >= 0.6 is 0 Å². The van der Waals surface area contributed by atoms with Crippen LogP contribution in [-0.2, 0) is 6.54 Å².